The molecule has 4 aliphatic rings. The third kappa shape index (κ3) is 4.77. The number of fused-ring (bicyclic) bond motifs is 1. The molecule has 0 saturated heterocycles. The minimum atomic E-state index is -1.63. The molecule has 1 aliphatic heterocycles. The highest BCUT2D eigenvalue weighted by Gasteiger charge is 2.70. The van der Waals surface area contributed by atoms with Gasteiger partial charge in [-0.2, -0.15) is 5.10 Å². The van der Waals surface area contributed by atoms with E-state index in [9.17, 15) is 24.5 Å². The second kappa shape index (κ2) is 11.0. The number of alkyl halides is 1. The van der Waals surface area contributed by atoms with Crippen LogP contribution in [0.3, 0.4) is 0 Å². The maximum absolute atomic E-state index is 15.3. The Kier molecular flexibility index (Phi) is 8.00. The van der Waals surface area contributed by atoms with Crippen LogP contribution in [-0.4, -0.2) is 78.3 Å². The number of aliphatic hydroxyl groups is 1. The van der Waals surface area contributed by atoms with Crippen molar-refractivity contribution >= 4 is 36.6 Å². The number of esters is 1. The summed E-state index contributed by atoms with van der Waals surface area (Å²) in [5.41, 5.74) is -1.60. The van der Waals surface area contributed by atoms with Gasteiger partial charge in [0, 0.05) is 16.7 Å². The van der Waals surface area contributed by atoms with Gasteiger partial charge in [-0.25, -0.2) is 18.9 Å². The summed E-state index contributed by atoms with van der Waals surface area (Å²) in [4.78, 5) is 39.6. The van der Waals surface area contributed by atoms with Crippen molar-refractivity contribution in [3.8, 4) is 5.75 Å². The highest BCUT2D eigenvalue weighted by atomic mass is 19.1. The molecule has 1 heterocycles. The minimum absolute atomic E-state index is 0.0519. The van der Waals surface area contributed by atoms with Gasteiger partial charge in [-0.15, -0.1) is 6.58 Å². The number of hydrogen-bond acceptors (Lipinski definition) is 9. The van der Waals surface area contributed by atoms with Crippen molar-refractivity contribution in [2.24, 2.45) is 39.1 Å². The van der Waals surface area contributed by atoms with E-state index in [4.69, 9.17) is 9.47 Å². The Morgan fingerprint density at radius 3 is 2.67 bits per heavy atom. The van der Waals surface area contributed by atoms with E-state index in [0.29, 0.717) is 23.9 Å². The van der Waals surface area contributed by atoms with Crippen molar-refractivity contribution in [1.82, 2.24) is 4.92 Å². The SMILES string of the molecule is C=C[C@]1(C)C[C@@H](OC(=O)COc2ccc3c(c2)B(O)N(C(=O)OC)N=C3)[C@]2(C)[C@H](C)CC[C@]3(C[C@H](F)C(=O)[C@H]32)[C@@H](C)[C@@H]1O. The summed E-state index contributed by atoms with van der Waals surface area (Å²) in [6.45, 7) is 11.2. The molecule has 0 aromatic heterocycles. The monoisotopic (exact) mass is 598 g/mol. The lowest BCUT2D eigenvalue weighted by atomic mass is 9.44. The fraction of sp³-hybridized carbons (Fsp3) is 0.613. The number of hydrogen-bond donors (Lipinski definition) is 2. The van der Waals surface area contributed by atoms with E-state index in [0.717, 1.165) is 4.92 Å². The van der Waals surface area contributed by atoms with Crippen molar-refractivity contribution in [3.63, 3.8) is 0 Å². The first-order valence-electron chi connectivity index (χ1n) is 14.8. The fourth-order valence-corrected chi connectivity index (χ4v) is 8.33. The van der Waals surface area contributed by atoms with Crippen LogP contribution in [0.2, 0.25) is 0 Å². The van der Waals surface area contributed by atoms with Crippen LogP contribution in [0.5, 0.6) is 5.75 Å². The Labute approximate surface area is 251 Å². The fourth-order valence-electron chi connectivity index (χ4n) is 8.33. The molecule has 12 heteroatoms. The highest BCUT2D eigenvalue weighted by molar-refractivity contribution is 6.67. The second-order valence-corrected chi connectivity index (χ2v) is 13.2. The average molecular weight is 598 g/mol. The number of benzene rings is 1. The molecule has 1 aromatic rings. The Morgan fingerprint density at radius 2 is 2.00 bits per heavy atom. The zero-order chi connectivity index (χ0) is 31.5. The molecule has 2 bridgehead atoms. The molecule has 10 nitrogen and oxygen atoms in total. The van der Waals surface area contributed by atoms with Gasteiger partial charge in [0.25, 0.3) is 0 Å². The lowest BCUT2D eigenvalue weighted by molar-refractivity contribution is -0.207. The number of carbonyl (C=O) groups is 3. The molecule has 1 amide bonds. The summed E-state index contributed by atoms with van der Waals surface area (Å²) in [5, 5.41) is 26.2. The second-order valence-electron chi connectivity index (χ2n) is 13.2. The normalized spacial score (nSPS) is 38.4. The summed E-state index contributed by atoms with van der Waals surface area (Å²) >= 11 is 0. The molecule has 2 N–H and O–H groups in total. The van der Waals surface area contributed by atoms with Crippen LogP contribution < -0.4 is 10.2 Å². The number of hydrazone groups is 1. The van der Waals surface area contributed by atoms with Gasteiger partial charge in [0.15, 0.2) is 18.6 Å². The van der Waals surface area contributed by atoms with Crippen molar-refractivity contribution in [2.75, 3.05) is 13.7 Å². The lowest BCUT2D eigenvalue weighted by Gasteiger charge is -2.61. The number of Topliss-reactive ketones (excluding diaryl/α,β-unsaturated/α-hetero) is 1. The van der Waals surface area contributed by atoms with Crippen LogP contribution in [0.4, 0.5) is 9.18 Å². The number of aliphatic hydroxyl groups excluding tert-OH is 1. The van der Waals surface area contributed by atoms with Gasteiger partial charge < -0.3 is 24.3 Å². The molecule has 232 valence electrons. The highest BCUT2D eigenvalue weighted by Crippen LogP contribution is 2.68. The lowest BCUT2D eigenvalue weighted by Crippen LogP contribution is -2.63. The molecule has 0 unspecified atom stereocenters. The Hall–Kier alpha value is -3.25. The molecular weight excluding hydrogens is 558 g/mol. The van der Waals surface area contributed by atoms with Gasteiger partial charge in [-0.05, 0) is 66.1 Å². The number of amides is 1. The van der Waals surface area contributed by atoms with E-state index in [1.165, 1.54) is 19.4 Å². The first-order chi connectivity index (χ1) is 20.2. The van der Waals surface area contributed by atoms with Crippen molar-refractivity contribution in [2.45, 2.75) is 71.8 Å². The molecule has 5 rings (SSSR count). The van der Waals surface area contributed by atoms with E-state index < -0.39 is 72.0 Å². The van der Waals surface area contributed by atoms with Crippen LogP contribution in [0.1, 0.15) is 58.9 Å². The number of carbonyl (C=O) groups excluding carboxylic acids is 3. The number of methoxy groups -OCH3 is 1. The molecule has 9 atom stereocenters. The number of nitrogens with zero attached hydrogens (tertiary/aromatic N) is 2. The summed E-state index contributed by atoms with van der Waals surface area (Å²) in [6.07, 6.45) is 0.441. The molecule has 43 heavy (non-hydrogen) atoms. The van der Waals surface area contributed by atoms with Gasteiger partial charge in [-0.3, -0.25) is 4.79 Å². The van der Waals surface area contributed by atoms with Gasteiger partial charge in [-0.1, -0.05) is 39.8 Å². The largest absolute Gasteiger partial charge is 0.482 e. The molecule has 0 spiro atoms. The third-order valence-electron chi connectivity index (χ3n) is 11.2. The Morgan fingerprint density at radius 1 is 1.28 bits per heavy atom. The number of halogens is 1. The zero-order valence-electron chi connectivity index (χ0n) is 25.3. The van der Waals surface area contributed by atoms with Gasteiger partial charge in [0.1, 0.15) is 11.9 Å². The molecular formula is C31H40BFN2O8. The first-order valence-corrected chi connectivity index (χ1v) is 14.8. The summed E-state index contributed by atoms with van der Waals surface area (Å²) in [6, 6.07) is 4.72. The zero-order valence-corrected chi connectivity index (χ0v) is 25.3. The van der Waals surface area contributed by atoms with Gasteiger partial charge in [0.2, 0.25) is 0 Å². The molecule has 3 aliphatic carbocycles. The topological polar surface area (TPSA) is 135 Å². The Balaban J connectivity index is 1.41. The maximum atomic E-state index is 15.3. The summed E-state index contributed by atoms with van der Waals surface area (Å²) in [7, 11) is -0.243. The van der Waals surface area contributed by atoms with Crippen LogP contribution in [-0.2, 0) is 19.1 Å². The van der Waals surface area contributed by atoms with Crippen LogP contribution in [0, 0.1) is 34.0 Å². The minimum Gasteiger partial charge on any atom is -0.482 e. The van der Waals surface area contributed by atoms with Gasteiger partial charge in [0.05, 0.1) is 19.4 Å². The standard InChI is InChI=1S/C31H40BFN2O8/c1-7-29(4)14-23(30(5)17(2)10-11-31(18(3)27(29)38)13-22(33)25(37)26(30)31)43-24(36)16-42-20-9-8-19-15-34-35(28(39)41-6)32(40)21(19)12-20/h7-9,12,15,17-18,22-23,26-27,38,40H,1,10-11,13-14,16H2,2-6H3/t17-,18+,22+,23-,26+,27+,29-,30+,31+/m1/s1. The summed E-state index contributed by atoms with van der Waals surface area (Å²) in [5.74, 6) is -2.05. The average Bonchev–Trinajstić information content (AvgIpc) is 3.27. The van der Waals surface area contributed by atoms with E-state index in [1.807, 2.05) is 27.7 Å². The molecule has 0 radical (unpaired) electrons. The smallest absolute Gasteiger partial charge is 0.478 e. The van der Waals surface area contributed by atoms with Crippen LogP contribution >= 0.6 is 0 Å². The predicted molar refractivity (Wildman–Crippen MR) is 156 cm³/mol. The first kappa shape index (κ1) is 31.2. The third-order valence-corrected chi connectivity index (χ3v) is 11.2. The van der Waals surface area contributed by atoms with Crippen LogP contribution in [0.15, 0.2) is 36.0 Å². The number of rotatable bonds is 5. The van der Waals surface area contributed by atoms with E-state index in [2.05, 4.69) is 16.4 Å². The van der Waals surface area contributed by atoms with Crippen molar-refractivity contribution in [1.29, 1.82) is 0 Å². The Bertz CT molecular complexity index is 1360. The number of ether oxygens (including phenoxy) is 3. The van der Waals surface area contributed by atoms with Gasteiger partial charge >= 0.3 is 19.1 Å². The van der Waals surface area contributed by atoms with E-state index in [1.54, 1.807) is 18.2 Å². The van der Waals surface area contributed by atoms with Crippen molar-refractivity contribution in [3.05, 3.63) is 36.4 Å². The molecule has 3 saturated carbocycles. The van der Waals surface area contributed by atoms with E-state index >= 15 is 4.39 Å². The van der Waals surface area contributed by atoms with E-state index in [-0.39, 0.29) is 30.4 Å². The summed E-state index contributed by atoms with van der Waals surface area (Å²) < 4.78 is 31.8. The van der Waals surface area contributed by atoms with Crippen LogP contribution in [0.25, 0.3) is 0 Å². The molecule has 3 fully saturated rings. The molecule has 1 aromatic carbocycles. The van der Waals surface area contributed by atoms with Crippen molar-refractivity contribution < 1.29 is 43.1 Å². The predicted octanol–water partition coefficient (Wildman–Crippen LogP) is 3.02. The number of ketones is 1. The maximum Gasteiger partial charge on any atom is 0.478 e. The quantitative estimate of drug-likeness (QED) is 0.300.